The highest BCUT2D eigenvalue weighted by molar-refractivity contribution is 7.99. The SMILES string of the molecule is CCN(c1ccc(NC(=O)CSc2nnc(Cn3cncn3)o2)cc1)C(C)C. The Morgan fingerprint density at radius 3 is 2.71 bits per heavy atom. The third-order valence-corrected chi connectivity index (χ3v) is 4.80. The second-order valence-electron chi connectivity index (χ2n) is 6.32. The van der Waals surface area contributed by atoms with Gasteiger partial charge >= 0.3 is 0 Å². The number of thioether (sulfide) groups is 1. The van der Waals surface area contributed by atoms with Crippen molar-refractivity contribution in [3.8, 4) is 0 Å². The number of carbonyl (C=O) groups is 1. The van der Waals surface area contributed by atoms with Gasteiger partial charge in [0.15, 0.2) is 0 Å². The maximum atomic E-state index is 12.2. The summed E-state index contributed by atoms with van der Waals surface area (Å²) in [6.07, 6.45) is 3.00. The van der Waals surface area contributed by atoms with Gasteiger partial charge < -0.3 is 14.6 Å². The van der Waals surface area contributed by atoms with Gasteiger partial charge in [-0.3, -0.25) is 4.79 Å². The van der Waals surface area contributed by atoms with Gasteiger partial charge in [-0.05, 0) is 45.0 Å². The first kappa shape index (κ1) is 19.9. The number of nitrogens with zero attached hydrogens (tertiary/aromatic N) is 6. The zero-order valence-corrected chi connectivity index (χ0v) is 16.9. The Morgan fingerprint density at radius 1 is 1.29 bits per heavy atom. The molecule has 1 N–H and O–H groups in total. The maximum Gasteiger partial charge on any atom is 0.277 e. The Kier molecular flexibility index (Phi) is 6.64. The third-order valence-electron chi connectivity index (χ3n) is 3.99. The van der Waals surface area contributed by atoms with Crippen LogP contribution in [-0.4, -0.2) is 49.2 Å². The average molecular weight is 401 g/mol. The Labute approximate surface area is 167 Å². The Hall–Kier alpha value is -2.88. The van der Waals surface area contributed by atoms with Gasteiger partial charge in [0.1, 0.15) is 19.2 Å². The van der Waals surface area contributed by atoms with Gasteiger partial charge in [0, 0.05) is 24.0 Å². The second-order valence-corrected chi connectivity index (χ2v) is 7.24. The molecule has 3 rings (SSSR count). The molecule has 0 radical (unpaired) electrons. The van der Waals surface area contributed by atoms with E-state index in [4.69, 9.17) is 4.42 Å². The molecule has 9 nitrogen and oxygen atoms in total. The van der Waals surface area contributed by atoms with Crippen molar-refractivity contribution in [1.82, 2.24) is 25.0 Å². The Balaban J connectivity index is 1.48. The molecule has 0 aliphatic rings. The van der Waals surface area contributed by atoms with Gasteiger partial charge in [-0.2, -0.15) is 5.10 Å². The lowest BCUT2D eigenvalue weighted by Crippen LogP contribution is -2.30. The number of nitrogens with one attached hydrogen (secondary N) is 1. The smallest absolute Gasteiger partial charge is 0.277 e. The van der Waals surface area contributed by atoms with Crippen LogP contribution >= 0.6 is 11.8 Å². The quantitative estimate of drug-likeness (QED) is 0.546. The van der Waals surface area contributed by atoms with E-state index >= 15 is 0 Å². The van der Waals surface area contributed by atoms with E-state index in [1.54, 1.807) is 11.0 Å². The molecule has 0 aliphatic heterocycles. The average Bonchev–Trinajstić information content (AvgIpc) is 3.34. The zero-order chi connectivity index (χ0) is 19.9. The van der Waals surface area contributed by atoms with Crippen molar-refractivity contribution in [1.29, 1.82) is 0 Å². The number of carbonyl (C=O) groups excluding carboxylic acids is 1. The molecule has 0 fully saturated rings. The summed E-state index contributed by atoms with van der Waals surface area (Å²) in [4.78, 5) is 18.3. The van der Waals surface area contributed by atoms with Gasteiger partial charge in [-0.15, -0.1) is 10.2 Å². The van der Waals surface area contributed by atoms with Gasteiger partial charge in [-0.25, -0.2) is 9.67 Å². The van der Waals surface area contributed by atoms with E-state index in [2.05, 4.69) is 51.3 Å². The van der Waals surface area contributed by atoms with Crippen LogP contribution in [0, 0.1) is 0 Å². The molecule has 2 heterocycles. The lowest BCUT2D eigenvalue weighted by atomic mass is 10.2. The minimum absolute atomic E-state index is 0.134. The monoisotopic (exact) mass is 401 g/mol. The van der Waals surface area contributed by atoms with E-state index in [-0.39, 0.29) is 11.7 Å². The van der Waals surface area contributed by atoms with E-state index < -0.39 is 0 Å². The molecule has 28 heavy (non-hydrogen) atoms. The highest BCUT2D eigenvalue weighted by Crippen LogP contribution is 2.21. The molecule has 3 aromatic rings. The molecule has 10 heteroatoms. The molecule has 0 unspecified atom stereocenters. The van der Waals surface area contributed by atoms with Gasteiger partial charge in [0.25, 0.3) is 5.22 Å². The summed E-state index contributed by atoms with van der Waals surface area (Å²) >= 11 is 1.19. The summed E-state index contributed by atoms with van der Waals surface area (Å²) in [5, 5.41) is 15.1. The molecule has 1 aromatic carbocycles. The van der Waals surface area contributed by atoms with Crippen LogP contribution in [0.1, 0.15) is 26.7 Å². The lowest BCUT2D eigenvalue weighted by molar-refractivity contribution is -0.113. The first-order valence-electron chi connectivity index (χ1n) is 8.99. The van der Waals surface area contributed by atoms with Crippen LogP contribution in [0.25, 0.3) is 0 Å². The van der Waals surface area contributed by atoms with E-state index in [0.717, 1.165) is 17.9 Å². The summed E-state index contributed by atoms with van der Waals surface area (Å²) in [6, 6.07) is 8.27. The number of anilines is 2. The van der Waals surface area contributed by atoms with Gasteiger partial charge in [0.05, 0.1) is 5.75 Å². The number of hydrogen-bond acceptors (Lipinski definition) is 8. The third kappa shape index (κ3) is 5.32. The normalized spacial score (nSPS) is 11.0. The zero-order valence-electron chi connectivity index (χ0n) is 16.1. The maximum absolute atomic E-state index is 12.2. The molecule has 0 saturated carbocycles. The van der Waals surface area contributed by atoms with Crippen molar-refractivity contribution in [2.24, 2.45) is 0 Å². The highest BCUT2D eigenvalue weighted by atomic mass is 32.2. The van der Waals surface area contributed by atoms with Crippen LogP contribution in [0.3, 0.4) is 0 Å². The number of rotatable bonds is 9. The van der Waals surface area contributed by atoms with Crippen molar-refractivity contribution >= 4 is 29.0 Å². The molecule has 148 valence electrons. The Bertz CT molecular complexity index is 878. The van der Waals surface area contributed by atoms with Gasteiger partial charge in [-0.1, -0.05) is 11.8 Å². The van der Waals surface area contributed by atoms with Gasteiger partial charge in [0.2, 0.25) is 11.8 Å². The molecule has 0 spiro atoms. The second kappa shape index (κ2) is 9.36. The predicted molar refractivity (Wildman–Crippen MR) is 107 cm³/mol. The first-order valence-corrected chi connectivity index (χ1v) is 9.98. The largest absolute Gasteiger partial charge is 0.414 e. The molecular formula is C18H23N7O2S. The topological polar surface area (TPSA) is 102 Å². The van der Waals surface area contributed by atoms with Crippen molar-refractivity contribution < 1.29 is 9.21 Å². The van der Waals surface area contributed by atoms with Crippen LogP contribution in [0.15, 0.2) is 46.6 Å². The fourth-order valence-corrected chi connectivity index (χ4v) is 3.30. The summed E-state index contributed by atoms with van der Waals surface area (Å²) in [5.74, 6) is 0.458. The van der Waals surface area contributed by atoms with Crippen molar-refractivity contribution in [3.05, 3.63) is 42.8 Å². The summed E-state index contributed by atoms with van der Waals surface area (Å²) in [7, 11) is 0. The number of hydrogen-bond donors (Lipinski definition) is 1. The number of amides is 1. The van der Waals surface area contributed by atoms with Crippen LogP contribution < -0.4 is 10.2 Å². The van der Waals surface area contributed by atoms with Crippen molar-refractivity contribution in [2.75, 3.05) is 22.5 Å². The van der Waals surface area contributed by atoms with Crippen molar-refractivity contribution in [2.45, 2.75) is 38.6 Å². The minimum Gasteiger partial charge on any atom is -0.414 e. The van der Waals surface area contributed by atoms with E-state index in [0.29, 0.717) is 23.7 Å². The summed E-state index contributed by atoms with van der Waals surface area (Å²) in [6.45, 7) is 7.72. The predicted octanol–water partition coefficient (Wildman–Crippen LogP) is 2.67. The van der Waals surface area contributed by atoms with E-state index in [9.17, 15) is 4.79 Å². The fourth-order valence-electron chi connectivity index (χ4n) is 2.72. The molecule has 2 aromatic heterocycles. The number of benzene rings is 1. The molecule has 0 atom stereocenters. The van der Waals surface area contributed by atoms with Crippen LogP contribution in [0.4, 0.5) is 11.4 Å². The molecule has 0 aliphatic carbocycles. The minimum atomic E-state index is -0.134. The first-order chi connectivity index (χ1) is 13.5. The molecular weight excluding hydrogens is 378 g/mol. The molecule has 0 saturated heterocycles. The Morgan fingerprint density at radius 2 is 2.07 bits per heavy atom. The molecule has 0 bridgehead atoms. The van der Waals surface area contributed by atoms with E-state index in [1.807, 2.05) is 24.3 Å². The van der Waals surface area contributed by atoms with Crippen LogP contribution in [-0.2, 0) is 11.3 Å². The summed E-state index contributed by atoms with van der Waals surface area (Å²) < 4.78 is 7.08. The summed E-state index contributed by atoms with van der Waals surface area (Å²) in [5.41, 5.74) is 1.89. The van der Waals surface area contributed by atoms with Crippen LogP contribution in [0.5, 0.6) is 0 Å². The standard InChI is InChI=1S/C18H23N7O2S/c1-4-25(13(2)3)15-7-5-14(6-8-15)21-16(26)10-28-18-23-22-17(27-18)9-24-12-19-11-20-24/h5-8,11-13H,4,9-10H2,1-3H3,(H,21,26). The van der Waals surface area contributed by atoms with E-state index in [1.165, 1.54) is 18.1 Å². The number of aromatic nitrogens is 5. The van der Waals surface area contributed by atoms with Crippen LogP contribution in [0.2, 0.25) is 0 Å². The molecule has 1 amide bonds. The fraction of sp³-hybridized carbons (Fsp3) is 0.389. The lowest BCUT2D eigenvalue weighted by Gasteiger charge is -2.27. The highest BCUT2D eigenvalue weighted by Gasteiger charge is 2.12. The van der Waals surface area contributed by atoms with Crippen molar-refractivity contribution in [3.63, 3.8) is 0 Å².